The first-order chi connectivity index (χ1) is 13.6. The Morgan fingerprint density at radius 3 is 2.86 bits per heavy atom. The summed E-state index contributed by atoms with van der Waals surface area (Å²) in [5.74, 6) is 0.359. The van der Waals surface area contributed by atoms with E-state index in [1.165, 1.54) is 0 Å². The molecular formula is C20H21FN6O. The first-order valence-corrected chi connectivity index (χ1v) is 9.17. The van der Waals surface area contributed by atoms with Crippen LogP contribution in [0.5, 0.6) is 5.75 Å². The number of aromatic nitrogens is 5. The second kappa shape index (κ2) is 7.85. The average Bonchev–Trinajstić information content (AvgIpc) is 3.25. The molecule has 1 aliphatic carbocycles. The molecule has 1 aliphatic rings. The molecule has 0 bridgehead atoms. The molecule has 3 aromatic rings. The standard InChI is InChI=1S/C20H21FN6O/c1-22-14-2-5-18(21)13(8-14)9-15-11-24-20(26-25-15)17-4-3-16(10-19(17)28)27-7-6-23-12-27/h3-4,6-7,9-12,14,18,22,28H,2,5,8H2,1H3/b13-9-. The number of rotatable bonds is 4. The summed E-state index contributed by atoms with van der Waals surface area (Å²) in [4.78, 5) is 8.29. The summed E-state index contributed by atoms with van der Waals surface area (Å²) in [7, 11) is 1.89. The molecule has 1 fully saturated rings. The van der Waals surface area contributed by atoms with E-state index in [0.29, 0.717) is 35.5 Å². The maximum absolute atomic E-state index is 14.2. The van der Waals surface area contributed by atoms with Crippen molar-refractivity contribution in [1.29, 1.82) is 0 Å². The van der Waals surface area contributed by atoms with Crippen LogP contribution in [0, 0.1) is 0 Å². The number of nitrogens with zero attached hydrogens (tertiary/aromatic N) is 5. The molecule has 8 heteroatoms. The van der Waals surface area contributed by atoms with E-state index in [1.807, 2.05) is 13.1 Å². The van der Waals surface area contributed by atoms with Gasteiger partial charge in [0.1, 0.15) is 17.6 Å². The third-order valence-electron chi connectivity index (χ3n) is 5.00. The minimum absolute atomic E-state index is 0.0482. The molecule has 28 heavy (non-hydrogen) atoms. The van der Waals surface area contributed by atoms with Gasteiger partial charge >= 0.3 is 0 Å². The summed E-state index contributed by atoms with van der Waals surface area (Å²) in [6, 6.07) is 5.47. The number of aromatic hydroxyl groups is 1. The molecule has 7 nitrogen and oxygen atoms in total. The molecule has 144 valence electrons. The van der Waals surface area contributed by atoms with Crippen molar-refractivity contribution in [2.45, 2.75) is 31.5 Å². The fourth-order valence-corrected chi connectivity index (χ4v) is 3.39. The Morgan fingerprint density at radius 2 is 2.18 bits per heavy atom. The van der Waals surface area contributed by atoms with Crippen molar-refractivity contribution in [2.75, 3.05) is 7.05 Å². The lowest BCUT2D eigenvalue weighted by molar-refractivity contribution is 0.290. The molecule has 2 unspecified atom stereocenters. The molecule has 0 radical (unpaired) electrons. The van der Waals surface area contributed by atoms with E-state index in [2.05, 4.69) is 25.5 Å². The summed E-state index contributed by atoms with van der Waals surface area (Å²) in [5, 5.41) is 21.8. The van der Waals surface area contributed by atoms with E-state index in [9.17, 15) is 9.50 Å². The maximum atomic E-state index is 14.2. The fraction of sp³-hybridized carbons (Fsp3) is 0.300. The number of imidazole rings is 1. The highest BCUT2D eigenvalue weighted by Crippen LogP contribution is 2.30. The second-order valence-corrected chi connectivity index (χ2v) is 6.83. The van der Waals surface area contributed by atoms with Gasteiger partial charge in [0.05, 0.1) is 23.8 Å². The Balaban J connectivity index is 1.56. The van der Waals surface area contributed by atoms with Gasteiger partial charge in [0.25, 0.3) is 0 Å². The highest BCUT2D eigenvalue weighted by Gasteiger charge is 2.24. The van der Waals surface area contributed by atoms with Gasteiger partial charge in [-0.2, -0.15) is 0 Å². The minimum atomic E-state index is -0.953. The first kappa shape index (κ1) is 18.2. The minimum Gasteiger partial charge on any atom is -0.507 e. The number of hydrogen-bond acceptors (Lipinski definition) is 6. The number of hydrogen-bond donors (Lipinski definition) is 2. The van der Waals surface area contributed by atoms with E-state index in [4.69, 9.17) is 0 Å². The van der Waals surface area contributed by atoms with Gasteiger partial charge in [-0.25, -0.2) is 14.4 Å². The molecule has 1 aromatic carbocycles. The Kier molecular flexibility index (Phi) is 5.12. The number of alkyl halides is 1. The molecule has 2 N–H and O–H groups in total. The molecule has 0 spiro atoms. The van der Waals surface area contributed by atoms with Crippen LogP contribution in [0.25, 0.3) is 23.2 Å². The highest BCUT2D eigenvalue weighted by atomic mass is 19.1. The number of benzene rings is 1. The van der Waals surface area contributed by atoms with Crippen molar-refractivity contribution < 1.29 is 9.50 Å². The molecule has 2 heterocycles. The van der Waals surface area contributed by atoms with Crippen LogP contribution in [0.2, 0.25) is 0 Å². The number of halogens is 1. The molecule has 0 amide bonds. The smallest absolute Gasteiger partial charge is 0.185 e. The Morgan fingerprint density at radius 1 is 1.29 bits per heavy atom. The van der Waals surface area contributed by atoms with E-state index >= 15 is 0 Å². The lowest BCUT2D eigenvalue weighted by Gasteiger charge is -2.26. The normalized spacial score (nSPS) is 21.1. The predicted molar refractivity (Wildman–Crippen MR) is 104 cm³/mol. The lowest BCUT2D eigenvalue weighted by atomic mass is 9.88. The molecule has 0 aliphatic heterocycles. The van der Waals surface area contributed by atoms with Gasteiger partial charge in [0, 0.05) is 24.5 Å². The van der Waals surface area contributed by atoms with Crippen LogP contribution in [0.3, 0.4) is 0 Å². The maximum Gasteiger partial charge on any atom is 0.185 e. The fourth-order valence-electron chi connectivity index (χ4n) is 3.39. The summed E-state index contributed by atoms with van der Waals surface area (Å²) in [5.41, 5.74) is 2.47. The predicted octanol–water partition coefficient (Wildman–Crippen LogP) is 2.92. The summed E-state index contributed by atoms with van der Waals surface area (Å²) < 4.78 is 16.0. The van der Waals surface area contributed by atoms with Gasteiger partial charge in [-0.1, -0.05) is 0 Å². The SMILES string of the molecule is CNC1CCC(F)/C(=C\c2cnc(-c3ccc(-n4ccnc4)cc3O)nn2)C1. The van der Waals surface area contributed by atoms with Crippen LogP contribution in [0.4, 0.5) is 4.39 Å². The number of phenols is 1. The topological polar surface area (TPSA) is 88.8 Å². The third kappa shape index (κ3) is 3.77. The summed E-state index contributed by atoms with van der Waals surface area (Å²) in [6.45, 7) is 0. The van der Waals surface area contributed by atoms with Crippen LogP contribution >= 0.6 is 0 Å². The molecule has 1 saturated carbocycles. The average molecular weight is 380 g/mol. The number of nitrogens with one attached hydrogen (secondary N) is 1. The van der Waals surface area contributed by atoms with E-state index < -0.39 is 6.17 Å². The van der Waals surface area contributed by atoms with Gasteiger partial charge in [-0.15, -0.1) is 10.2 Å². The summed E-state index contributed by atoms with van der Waals surface area (Å²) >= 11 is 0. The van der Waals surface area contributed by atoms with Gasteiger partial charge < -0.3 is 15.0 Å². The van der Waals surface area contributed by atoms with E-state index in [1.54, 1.807) is 47.7 Å². The zero-order valence-corrected chi connectivity index (χ0v) is 15.5. The highest BCUT2D eigenvalue weighted by molar-refractivity contribution is 5.66. The van der Waals surface area contributed by atoms with Crippen molar-refractivity contribution in [3.63, 3.8) is 0 Å². The molecular weight excluding hydrogens is 359 g/mol. The third-order valence-corrected chi connectivity index (χ3v) is 5.00. The Hall–Kier alpha value is -3.13. The Bertz CT molecular complexity index is 971. The molecule has 0 saturated heterocycles. The van der Waals surface area contributed by atoms with Gasteiger partial charge in [0.15, 0.2) is 5.82 Å². The second-order valence-electron chi connectivity index (χ2n) is 6.83. The summed E-state index contributed by atoms with van der Waals surface area (Å²) in [6.07, 6.45) is 9.41. The van der Waals surface area contributed by atoms with E-state index in [0.717, 1.165) is 12.1 Å². The van der Waals surface area contributed by atoms with Crippen LogP contribution in [0.1, 0.15) is 25.0 Å². The van der Waals surface area contributed by atoms with Crippen molar-refractivity contribution in [3.8, 4) is 22.8 Å². The monoisotopic (exact) mass is 380 g/mol. The van der Waals surface area contributed by atoms with Crippen LogP contribution in [-0.2, 0) is 0 Å². The van der Waals surface area contributed by atoms with Crippen molar-refractivity contribution >= 4 is 6.08 Å². The van der Waals surface area contributed by atoms with Crippen molar-refractivity contribution in [2.24, 2.45) is 0 Å². The van der Waals surface area contributed by atoms with Crippen LogP contribution in [-0.4, -0.2) is 49.1 Å². The van der Waals surface area contributed by atoms with Gasteiger partial charge in [-0.05, 0) is 50.1 Å². The molecule has 2 atom stereocenters. The van der Waals surface area contributed by atoms with Gasteiger partial charge in [-0.3, -0.25) is 0 Å². The van der Waals surface area contributed by atoms with Crippen molar-refractivity contribution in [3.05, 3.63) is 54.4 Å². The molecule has 2 aromatic heterocycles. The zero-order chi connectivity index (χ0) is 19.5. The van der Waals surface area contributed by atoms with E-state index in [-0.39, 0.29) is 11.8 Å². The van der Waals surface area contributed by atoms with Crippen LogP contribution < -0.4 is 5.32 Å². The van der Waals surface area contributed by atoms with Crippen LogP contribution in [0.15, 0.2) is 48.7 Å². The van der Waals surface area contributed by atoms with Gasteiger partial charge in [0.2, 0.25) is 0 Å². The first-order valence-electron chi connectivity index (χ1n) is 9.17. The quantitative estimate of drug-likeness (QED) is 0.724. The largest absolute Gasteiger partial charge is 0.507 e. The lowest BCUT2D eigenvalue weighted by Crippen LogP contribution is -2.32. The number of phenolic OH excluding ortho intramolecular Hbond substituents is 1. The zero-order valence-electron chi connectivity index (χ0n) is 15.5. The Labute approximate surface area is 162 Å². The van der Waals surface area contributed by atoms with Crippen molar-refractivity contribution in [1.82, 2.24) is 30.0 Å². The molecule has 4 rings (SSSR count).